The van der Waals surface area contributed by atoms with Crippen molar-refractivity contribution in [1.29, 1.82) is 0 Å². The van der Waals surface area contributed by atoms with Crippen LogP contribution in [0.25, 0.3) is 0 Å². The predicted molar refractivity (Wildman–Crippen MR) is 64.9 cm³/mol. The molecule has 0 aromatic heterocycles. The number of hydrogen-bond acceptors (Lipinski definition) is 2. The number of unbranched alkanes of at least 4 members (excludes halogenated alkanes) is 1. The first-order chi connectivity index (χ1) is 7.79. The third kappa shape index (κ3) is 2.16. The Morgan fingerprint density at radius 2 is 1.56 bits per heavy atom. The SMILES string of the molecule is CCCCC1(CCC)Oc2ccccc2O1. The third-order valence-electron chi connectivity index (χ3n) is 2.98. The van der Waals surface area contributed by atoms with Crippen LogP contribution in [0.1, 0.15) is 46.0 Å². The average molecular weight is 220 g/mol. The van der Waals surface area contributed by atoms with Crippen molar-refractivity contribution in [2.75, 3.05) is 0 Å². The molecule has 1 aromatic carbocycles. The highest BCUT2D eigenvalue weighted by Gasteiger charge is 2.39. The van der Waals surface area contributed by atoms with Gasteiger partial charge in [0.25, 0.3) is 5.79 Å². The van der Waals surface area contributed by atoms with Gasteiger partial charge in [0.05, 0.1) is 0 Å². The molecule has 0 fully saturated rings. The van der Waals surface area contributed by atoms with E-state index in [0.29, 0.717) is 0 Å². The van der Waals surface area contributed by atoms with Gasteiger partial charge in [0, 0.05) is 12.8 Å². The molecular weight excluding hydrogens is 200 g/mol. The minimum atomic E-state index is -0.394. The lowest BCUT2D eigenvalue weighted by Gasteiger charge is -2.27. The standard InChI is InChI=1S/C14H20O2/c1-3-5-11-14(10-4-2)15-12-8-6-7-9-13(12)16-14/h6-9H,3-5,10-11H2,1-2H3. The Morgan fingerprint density at radius 1 is 0.938 bits per heavy atom. The normalized spacial score (nSPS) is 16.4. The summed E-state index contributed by atoms with van der Waals surface area (Å²) in [6, 6.07) is 7.95. The first-order valence-electron chi connectivity index (χ1n) is 6.27. The molecule has 0 spiro atoms. The highest BCUT2D eigenvalue weighted by Crippen LogP contribution is 2.43. The molecule has 0 radical (unpaired) electrons. The Balaban J connectivity index is 2.13. The van der Waals surface area contributed by atoms with Gasteiger partial charge in [-0.25, -0.2) is 0 Å². The minimum Gasteiger partial charge on any atom is -0.448 e. The van der Waals surface area contributed by atoms with E-state index in [1.165, 1.54) is 6.42 Å². The molecule has 16 heavy (non-hydrogen) atoms. The topological polar surface area (TPSA) is 18.5 Å². The summed E-state index contributed by atoms with van der Waals surface area (Å²) in [6.45, 7) is 4.37. The molecule has 1 aliphatic heterocycles. The zero-order valence-electron chi connectivity index (χ0n) is 10.2. The molecule has 0 saturated carbocycles. The molecule has 2 nitrogen and oxygen atoms in total. The third-order valence-corrected chi connectivity index (χ3v) is 2.98. The molecule has 1 heterocycles. The number of rotatable bonds is 5. The van der Waals surface area contributed by atoms with E-state index < -0.39 is 5.79 Å². The smallest absolute Gasteiger partial charge is 0.251 e. The maximum atomic E-state index is 6.01. The van der Waals surface area contributed by atoms with Crippen LogP contribution in [0.2, 0.25) is 0 Å². The van der Waals surface area contributed by atoms with Crippen molar-refractivity contribution < 1.29 is 9.47 Å². The molecule has 0 bridgehead atoms. The van der Waals surface area contributed by atoms with E-state index in [0.717, 1.165) is 37.2 Å². The molecule has 0 saturated heterocycles. The Bertz CT molecular complexity index is 321. The van der Waals surface area contributed by atoms with Crippen LogP contribution in [-0.4, -0.2) is 5.79 Å². The zero-order chi connectivity index (χ0) is 11.4. The fraction of sp³-hybridized carbons (Fsp3) is 0.571. The molecule has 1 aromatic rings. The molecule has 2 rings (SSSR count). The molecule has 0 unspecified atom stereocenters. The Hall–Kier alpha value is -1.18. The van der Waals surface area contributed by atoms with Crippen molar-refractivity contribution in [1.82, 2.24) is 0 Å². The molecule has 0 amide bonds. The fourth-order valence-corrected chi connectivity index (χ4v) is 2.20. The van der Waals surface area contributed by atoms with Gasteiger partial charge in [-0.15, -0.1) is 0 Å². The van der Waals surface area contributed by atoms with Crippen molar-refractivity contribution in [3.05, 3.63) is 24.3 Å². The van der Waals surface area contributed by atoms with Gasteiger partial charge >= 0.3 is 0 Å². The predicted octanol–water partition coefficient (Wildman–Crippen LogP) is 4.14. The molecule has 0 N–H and O–H groups in total. The van der Waals surface area contributed by atoms with Crippen LogP contribution < -0.4 is 9.47 Å². The lowest BCUT2D eigenvalue weighted by molar-refractivity contribution is -0.0935. The van der Waals surface area contributed by atoms with E-state index in [2.05, 4.69) is 13.8 Å². The number of para-hydroxylation sites is 2. The van der Waals surface area contributed by atoms with Gasteiger partial charge < -0.3 is 9.47 Å². The van der Waals surface area contributed by atoms with Gasteiger partial charge in [0.15, 0.2) is 11.5 Å². The van der Waals surface area contributed by atoms with E-state index in [-0.39, 0.29) is 0 Å². The number of fused-ring (bicyclic) bond motifs is 1. The summed E-state index contributed by atoms with van der Waals surface area (Å²) in [6.07, 6.45) is 5.34. The molecule has 1 aliphatic rings. The summed E-state index contributed by atoms with van der Waals surface area (Å²) in [7, 11) is 0. The number of hydrogen-bond donors (Lipinski definition) is 0. The van der Waals surface area contributed by atoms with Gasteiger partial charge in [-0.2, -0.15) is 0 Å². The monoisotopic (exact) mass is 220 g/mol. The molecule has 0 atom stereocenters. The quantitative estimate of drug-likeness (QED) is 0.742. The van der Waals surface area contributed by atoms with Crippen molar-refractivity contribution in [2.45, 2.75) is 51.7 Å². The van der Waals surface area contributed by atoms with Gasteiger partial charge in [-0.3, -0.25) is 0 Å². The first kappa shape index (κ1) is 11.3. The second-order valence-corrected chi connectivity index (χ2v) is 4.42. The van der Waals surface area contributed by atoms with Gasteiger partial charge in [0.1, 0.15) is 0 Å². The van der Waals surface area contributed by atoms with E-state index in [4.69, 9.17) is 9.47 Å². The number of ether oxygens (including phenoxy) is 2. The van der Waals surface area contributed by atoms with Crippen LogP contribution in [0.3, 0.4) is 0 Å². The van der Waals surface area contributed by atoms with Gasteiger partial charge in [-0.05, 0) is 25.0 Å². The van der Waals surface area contributed by atoms with E-state index in [1.54, 1.807) is 0 Å². The lowest BCUT2D eigenvalue weighted by atomic mass is 10.0. The maximum absolute atomic E-state index is 6.01. The van der Waals surface area contributed by atoms with E-state index in [9.17, 15) is 0 Å². The van der Waals surface area contributed by atoms with Gasteiger partial charge in [0.2, 0.25) is 0 Å². The second-order valence-electron chi connectivity index (χ2n) is 4.42. The van der Waals surface area contributed by atoms with Crippen LogP contribution in [0.5, 0.6) is 11.5 Å². The fourth-order valence-electron chi connectivity index (χ4n) is 2.20. The van der Waals surface area contributed by atoms with Crippen molar-refractivity contribution in [2.24, 2.45) is 0 Å². The van der Waals surface area contributed by atoms with Crippen molar-refractivity contribution in [3.8, 4) is 11.5 Å². The van der Waals surface area contributed by atoms with E-state index in [1.807, 2.05) is 24.3 Å². The minimum absolute atomic E-state index is 0.394. The van der Waals surface area contributed by atoms with Gasteiger partial charge in [-0.1, -0.05) is 32.4 Å². The summed E-state index contributed by atoms with van der Waals surface area (Å²) in [5.41, 5.74) is 0. The molecule has 88 valence electrons. The highest BCUT2D eigenvalue weighted by molar-refractivity contribution is 5.42. The van der Waals surface area contributed by atoms with Crippen LogP contribution in [0.15, 0.2) is 24.3 Å². The first-order valence-corrected chi connectivity index (χ1v) is 6.27. The Labute approximate surface area is 97.6 Å². The van der Waals surface area contributed by atoms with Crippen LogP contribution in [0.4, 0.5) is 0 Å². The molecular formula is C14H20O2. The number of benzene rings is 1. The Morgan fingerprint density at radius 3 is 2.06 bits per heavy atom. The summed E-state index contributed by atoms with van der Waals surface area (Å²) < 4.78 is 12.0. The second kappa shape index (κ2) is 4.77. The van der Waals surface area contributed by atoms with Crippen LogP contribution in [0, 0.1) is 0 Å². The summed E-state index contributed by atoms with van der Waals surface area (Å²) in [5.74, 6) is 1.40. The summed E-state index contributed by atoms with van der Waals surface area (Å²) in [5, 5.41) is 0. The zero-order valence-corrected chi connectivity index (χ0v) is 10.2. The average Bonchev–Trinajstić information content (AvgIpc) is 2.65. The maximum Gasteiger partial charge on any atom is 0.251 e. The Kier molecular flexibility index (Phi) is 3.37. The van der Waals surface area contributed by atoms with Crippen molar-refractivity contribution >= 4 is 0 Å². The lowest BCUT2D eigenvalue weighted by Crippen LogP contribution is -2.38. The highest BCUT2D eigenvalue weighted by atomic mass is 16.7. The van der Waals surface area contributed by atoms with E-state index >= 15 is 0 Å². The van der Waals surface area contributed by atoms with Crippen LogP contribution >= 0.6 is 0 Å². The van der Waals surface area contributed by atoms with Crippen LogP contribution in [-0.2, 0) is 0 Å². The summed E-state index contributed by atoms with van der Waals surface area (Å²) in [4.78, 5) is 0. The summed E-state index contributed by atoms with van der Waals surface area (Å²) >= 11 is 0. The molecule has 0 aliphatic carbocycles. The largest absolute Gasteiger partial charge is 0.448 e. The van der Waals surface area contributed by atoms with Crippen molar-refractivity contribution in [3.63, 3.8) is 0 Å². The molecule has 2 heteroatoms.